The lowest BCUT2D eigenvalue weighted by Crippen LogP contribution is -2.21. The minimum Gasteiger partial charge on any atom is -0.486 e. The van der Waals surface area contributed by atoms with Crippen molar-refractivity contribution in [1.82, 2.24) is 0 Å². The van der Waals surface area contributed by atoms with E-state index in [1.54, 1.807) is 24.3 Å². The largest absolute Gasteiger partial charge is 0.486 e. The van der Waals surface area contributed by atoms with Gasteiger partial charge in [-0.2, -0.15) is 0 Å². The number of nitrogens with one attached hydrogen (secondary N) is 1. The topological polar surface area (TPSA) is 73.9 Å². The molecule has 2 aromatic carbocycles. The number of carbonyl (C=O) groups is 2. The molecule has 4 rings (SSSR count). The molecule has 0 saturated carbocycles. The summed E-state index contributed by atoms with van der Waals surface area (Å²) in [5, 5.41) is 2.70. The minimum absolute atomic E-state index is 0.343. The first-order valence-electron chi connectivity index (χ1n) is 9.17. The molecular weight excluding hydrogens is 346 g/mol. The molecule has 0 atom stereocenters. The SMILES string of the molecule is O=C(COC(=O)c1ccc2c(c1)CCCC2)Nc1ccc2c(c1)OCCO2. The summed E-state index contributed by atoms with van der Waals surface area (Å²) < 4.78 is 16.1. The lowest BCUT2D eigenvalue weighted by molar-refractivity contribution is -0.119. The summed E-state index contributed by atoms with van der Waals surface area (Å²) in [7, 11) is 0. The highest BCUT2D eigenvalue weighted by atomic mass is 16.6. The first kappa shape index (κ1) is 17.4. The van der Waals surface area contributed by atoms with E-state index in [-0.39, 0.29) is 6.61 Å². The van der Waals surface area contributed by atoms with Crippen LogP contribution in [0, 0.1) is 0 Å². The molecule has 2 aromatic rings. The van der Waals surface area contributed by atoms with Crippen molar-refractivity contribution in [2.24, 2.45) is 0 Å². The number of rotatable bonds is 4. The Hall–Kier alpha value is -3.02. The molecule has 1 aliphatic heterocycles. The van der Waals surface area contributed by atoms with Crippen molar-refractivity contribution in [3.05, 3.63) is 53.1 Å². The Balaban J connectivity index is 1.33. The zero-order valence-electron chi connectivity index (χ0n) is 15.0. The Bertz CT molecular complexity index is 877. The van der Waals surface area contributed by atoms with E-state index in [0.717, 1.165) is 19.3 Å². The summed E-state index contributed by atoms with van der Waals surface area (Å²) in [4.78, 5) is 24.3. The highest BCUT2D eigenvalue weighted by Crippen LogP contribution is 2.32. The van der Waals surface area contributed by atoms with Crippen LogP contribution >= 0.6 is 0 Å². The van der Waals surface area contributed by atoms with Crippen molar-refractivity contribution in [2.75, 3.05) is 25.1 Å². The van der Waals surface area contributed by atoms with Crippen LogP contribution in [0.3, 0.4) is 0 Å². The fourth-order valence-electron chi connectivity index (χ4n) is 3.39. The third-order valence-electron chi connectivity index (χ3n) is 4.74. The fraction of sp³-hybridized carbons (Fsp3) is 0.333. The molecule has 0 aromatic heterocycles. The van der Waals surface area contributed by atoms with Crippen LogP contribution in [0.1, 0.15) is 34.3 Å². The van der Waals surface area contributed by atoms with Gasteiger partial charge in [0.1, 0.15) is 13.2 Å². The molecule has 1 aliphatic carbocycles. The lowest BCUT2D eigenvalue weighted by atomic mass is 9.90. The van der Waals surface area contributed by atoms with Gasteiger partial charge in [-0.3, -0.25) is 4.79 Å². The normalized spacial score (nSPS) is 14.8. The molecule has 0 radical (unpaired) electrons. The van der Waals surface area contributed by atoms with Crippen molar-refractivity contribution >= 4 is 17.6 Å². The van der Waals surface area contributed by atoms with Crippen LogP contribution in [-0.2, 0) is 22.4 Å². The van der Waals surface area contributed by atoms with Gasteiger partial charge in [0.2, 0.25) is 0 Å². The molecule has 0 bridgehead atoms. The number of benzene rings is 2. The molecule has 1 amide bonds. The van der Waals surface area contributed by atoms with Gasteiger partial charge in [-0.25, -0.2) is 4.79 Å². The van der Waals surface area contributed by atoms with E-state index in [4.69, 9.17) is 14.2 Å². The van der Waals surface area contributed by atoms with E-state index in [2.05, 4.69) is 5.32 Å². The maximum Gasteiger partial charge on any atom is 0.338 e. The third kappa shape index (κ3) is 4.05. The van der Waals surface area contributed by atoms with Crippen molar-refractivity contribution in [2.45, 2.75) is 25.7 Å². The van der Waals surface area contributed by atoms with Crippen LogP contribution in [0.5, 0.6) is 11.5 Å². The summed E-state index contributed by atoms with van der Waals surface area (Å²) in [6, 6.07) is 10.8. The van der Waals surface area contributed by atoms with Crippen molar-refractivity contribution < 1.29 is 23.8 Å². The van der Waals surface area contributed by atoms with Gasteiger partial charge in [-0.1, -0.05) is 6.07 Å². The van der Waals surface area contributed by atoms with E-state index in [1.807, 2.05) is 12.1 Å². The number of hydrogen-bond donors (Lipinski definition) is 1. The molecule has 140 valence electrons. The number of esters is 1. The molecule has 1 N–H and O–H groups in total. The van der Waals surface area contributed by atoms with Gasteiger partial charge in [0.25, 0.3) is 5.91 Å². The third-order valence-corrected chi connectivity index (χ3v) is 4.74. The molecule has 0 saturated heterocycles. The Labute approximate surface area is 157 Å². The summed E-state index contributed by atoms with van der Waals surface area (Å²) in [5.74, 6) is 0.349. The first-order chi connectivity index (χ1) is 13.2. The van der Waals surface area contributed by atoms with E-state index in [1.165, 1.54) is 17.5 Å². The predicted molar refractivity (Wildman–Crippen MR) is 99.4 cm³/mol. The molecule has 0 fully saturated rings. The van der Waals surface area contributed by atoms with Gasteiger partial charge in [0, 0.05) is 11.8 Å². The summed E-state index contributed by atoms with van der Waals surface area (Å²) in [6.07, 6.45) is 4.38. The number of carbonyl (C=O) groups excluding carboxylic acids is 2. The molecule has 1 heterocycles. The van der Waals surface area contributed by atoms with Gasteiger partial charge in [-0.05, 0) is 61.1 Å². The number of amides is 1. The number of fused-ring (bicyclic) bond motifs is 2. The van der Waals surface area contributed by atoms with Crippen molar-refractivity contribution in [1.29, 1.82) is 0 Å². The molecule has 0 unspecified atom stereocenters. The number of hydrogen-bond acceptors (Lipinski definition) is 5. The molecular formula is C21H21NO5. The van der Waals surface area contributed by atoms with E-state index in [9.17, 15) is 9.59 Å². The minimum atomic E-state index is -0.485. The second kappa shape index (κ2) is 7.70. The predicted octanol–water partition coefficient (Wildman–Crippen LogP) is 3.13. The number of ether oxygens (including phenoxy) is 3. The van der Waals surface area contributed by atoms with Crippen molar-refractivity contribution in [3.63, 3.8) is 0 Å². The second-order valence-electron chi connectivity index (χ2n) is 6.67. The zero-order chi connectivity index (χ0) is 18.6. The summed E-state index contributed by atoms with van der Waals surface area (Å²) >= 11 is 0. The van der Waals surface area contributed by atoms with Gasteiger partial charge >= 0.3 is 5.97 Å². The summed E-state index contributed by atoms with van der Waals surface area (Å²) in [6.45, 7) is 0.643. The second-order valence-corrected chi connectivity index (χ2v) is 6.67. The average molecular weight is 367 g/mol. The highest BCUT2D eigenvalue weighted by Gasteiger charge is 2.16. The molecule has 0 spiro atoms. The average Bonchev–Trinajstić information content (AvgIpc) is 2.71. The Morgan fingerprint density at radius 3 is 2.56 bits per heavy atom. The van der Waals surface area contributed by atoms with Gasteiger partial charge in [0.15, 0.2) is 18.1 Å². The highest BCUT2D eigenvalue weighted by molar-refractivity contribution is 5.95. The fourth-order valence-corrected chi connectivity index (χ4v) is 3.39. The van der Waals surface area contributed by atoms with Gasteiger partial charge in [-0.15, -0.1) is 0 Å². The molecule has 6 nitrogen and oxygen atoms in total. The van der Waals surface area contributed by atoms with Crippen LogP contribution in [0.15, 0.2) is 36.4 Å². The van der Waals surface area contributed by atoms with E-state index < -0.39 is 11.9 Å². The maximum atomic E-state index is 12.2. The Kier molecular flexibility index (Phi) is 4.96. The monoisotopic (exact) mass is 367 g/mol. The Morgan fingerprint density at radius 1 is 0.926 bits per heavy atom. The van der Waals surface area contributed by atoms with Crippen molar-refractivity contribution in [3.8, 4) is 11.5 Å². The zero-order valence-corrected chi connectivity index (χ0v) is 15.0. The van der Waals surface area contributed by atoms with Crippen LogP contribution in [0.2, 0.25) is 0 Å². The first-order valence-corrected chi connectivity index (χ1v) is 9.17. The van der Waals surface area contributed by atoms with Crippen LogP contribution < -0.4 is 14.8 Å². The number of anilines is 1. The smallest absolute Gasteiger partial charge is 0.338 e. The van der Waals surface area contributed by atoms with Crippen LogP contribution in [0.4, 0.5) is 5.69 Å². The van der Waals surface area contributed by atoms with Crippen LogP contribution in [0.25, 0.3) is 0 Å². The maximum absolute atomic E-state index is 12.2. The quantitative estimate of drug-likeness (QED) is 0.841. The van der Waals surface area contributed by atoms with Gasteiger partial charge in [0.05, 0.1) is 5.56 Å². The van der Waals surface area contributed by atoms with Crippen LogP contribution in [-0.4, -0.2) is 31.7 Å². The Morgan fingerprint density at radius 2 is 1.70 bits per heavy atom. The number of aryl methyl sites for hydroxylation is 2. The molecule has 27 heavy (non-hydrogen) atoms. The molecule has 2 aliphatic rings. The summed E-state index contributed by atoms with van der Waals surface area (Å²) in [5.41, 5.74) is 3.56. The van der Waals surface area contributed by atoms with E-state index in [0.29, 0.717) is 36.0 Å². The lowest BCUT2D eigenvalue weighted by Gasteiger charge is -2.19. The molecule has 6 heteroatoms. The van der Waals surface area contributed by atoms with Gasteiger partial charge < -0.3 is 19.5 Å². The van der Waals surface area contributed by atoms with E-state index >= 15 is 0 Å². The standard InChI is InChI=1S/C21H21NO5/c23-20(22-17-7-8-18-19(12-17)26-10-9-25-18)13-27-21(24)16-6-5-14-3-1-2-4-15(14)11-16/h5-8,11-12H,1-4,9-10,13H2,(H,22,23).